The van der Waals surface area contributed by atoms with E-state index < -0.39 is 0 Å². The molecule has 1 aliphatic rings. The number of anilines is 2. The van der Waals surface area contributed by atoms with Gasteiger partial charge in [0, 0.05) is 61.0 Å². The van der Waals surface area contributed by atoms with Crippen molar-refractivity contribution < 1.29 is 4.79 Å². The average Bonchev–Trinajstić information content (AvgIpc) is 3.82. The number of benzene rings is 2. The highest BCUT2D eigenvalue weighted by Crippen LogP contribution is 2.30. The van der Waals surface area contributed by atoms with Crippen LogP contribution in [0.4, 0.5) is 16.6 Å². The number of pyridine rings is 1. The van der Waals surface area contributed by atoms with Gasteiger partial charge < -0.3 is 10.6 Å². The summed E-state index contributed by atoms with van der Waals surface area (Å²) >= 11 is 0. The number of carbonyl (C=O) groups excluding carboxylic acids is 1. The zero-order valence-corrected chi connectivity index (χ0v) is 27.7. The molecule has 12 nitrogen and oxygen atoms in total. The van der Waals surface area contributed by atoms with Crippen LogP contribution in [0.15, 0.2) is 110 Å². The monoisotopic (exact) mass is 663 g/mol. The number of amides is 2. The number of hydrogen-bond donors (Lipinski definition) is 2. The largest absolute Gasteiger partial charge is 0.351 e. The van der Waals surface area contributed by atoms with Gasteiger partial charge in [-0.3, -0.25) is 14.3 Å². The normalized spacial score (nSPS) is 15.6. The van der Waals surface area contributed by atoms with Gasteiger partial charge in [0.15, 0.2) is 0 Å². The molecule has 2 amide bonds. The van der Waals surface area contributed by atoms with Crippen molar-refractivity contribution in [2.75, 3.05) is 10.2 Å². The van der Waals surface area contributed by atoms with Crippen molar-refractivity contribution in [2.45, 2.75) is 50.9 Å². The summed E-state index contributed by atoms with van der Waals surface area (Å²) in [6.07, 6.45) is 13.9. The van der Waals surface area contributed by atoms with E-state index in [0.717, 1.165) is 53.5 Å². The number of urea groups is 1. The minimum atomic E-state index is -0.181. The molecule has 50 heavy (non-hydrogen) atoms. The molecule has 2 aromatic carbocycles. The van der Waals surface area contributed by atoms with Crippen LogP contribution in [-0.2, 0) is 20.1 Å². The van der Waals surface area contributed by atoms with Crippen LogP contribution >= 0.6 is 0 Å². The number of aromatic nitrogens is 7. The van der Waals surface area contributed by atoms with Crippen molar-refractivity contribution in [3.8, 4) is 28.5 Å². The summed E-state index contributed by atoms with van der Waals surface area (Å²) in [5.41, 5.74) is 5.74. The maximum Gasteiger partial charge on any atom is 0.323 e. The van der Waals surface area contributed by atoms with Crippen molar-refractivity contribution in [3.05, 3.63) is 127 Å². The lowest BCUT2D eigenvalue weighted by molar-refractivity contribution is 0.240. The van der Waals surface area contributed by atoms with E-state index in [1.807, 2.05) is 84.8 Å². The standard InChI is InChI=1S/C38H37N11O/c1-47-25-31(22-43-47)29-12-17-35(40-20-29)49(38(50)42-19-27-8-4-2-5-9-27)34-15-13-33(14-16-34)45-37-41-21-30(18-39)36(46-37)32-23-44-48(26-32)24-28-10-6-3-7-11-28/h2-12,17,20-23,25-26,33-34H,13-16,19,24H2,1H3,(H,42,50)(H,41,45,46)/t33-,34-. The summed E-state index contributed by atoms with van der Waals surface area (Å²) in [6, 6.07) is 25.9. The number of nitriles is 1. The Kier molecular flexibility index (Phi) is 9.55. The highest BCUT2D eigenvalue weighted by molar-refractivity contribution is 5.91. The average molecular weight is 664 g/mol. The topological polar surface area (TPSA) is 142 Å². The second kappa shape index (κ2) is 14.8. The van der Waals surface area contributed by atoms with Crippen LogP contribution in [-0.4, -0.2) is 52.6 Å². The van der Waals surface area contributed by atoms with E-state index in [-0.39, 0.29) is 18.1 Å². The van der Waals surface area contributed by atoms with Crippen molar-refractivity contribution in [3.63, 3.8) is 0 Å². The second-order valence-electron chi connectivity index (χ2n) is 12.5. The van der Waals surface area contributed by atoms with Crippen molar-refractivity contribution >= 4 is 17.8 Å². The molecular weight excluding hydrogens is 626 g/mol. The quantitative estimate of drug-likeness (QED) is 0.177. The molecule has 0 spiro atoms. The molecule has 0 unspecified atom stereocenters. The lowest BCUT2D eigenvalue weighted by Gasteiger charge is -2.36. The maximum absolute atomic E-state index is 13.8. The van der Waals surface area contributed by atoms with Gasteiger partial charge in [-0.25, -0.2) is 19.7 Å². The van der Waals surface area contributed by atoms with E-state index in [2.05, 4.69) is 44.0 Å². The maximum atomic E-state index is 13.8. The number of hydrogen-bond acceptors (Lipinski definition) is 8. The van der Waals surface area contributed by atoms with Gasteiger partial charge >= 0.3 is 6.03 Å². The molecule has 1 saturated carbocycles. The SMILES string of the molecule is Cn1cc(-c2ccc(N(C(=O)NCc3ccccc3)[C@H]3CC[C@H](Nc4ncc(C#N)c(-c5cnn(Cc6ccccc6)c5)n4)CC3)nc2)cn1. The molecule has 0 bridgehead atoms. The van der Waals surface area contributed by atoms with E-state index >= 15 is 0 Å². The fourth-order valence-corrected chi connectivity index (χ4v) is 6.34. The Bertz CT molecular complexity index is 2080. The van der Waals surface area contributed by atoms with Gasteiger partial charge in [0.2, 0.25) is 5.95 Å². The zero-order valence-electron chi connectivity index (χ0n) is 27.7. The number of carbonyl (C=O) groups is 1. The molecule has 4 aromatic heterocycles. The zero-order chi connectivity index (χ0) is 34.3. The van der Waals surface area contributed by atoms with E-state index in [1.165, 1.54) is 0 Å². The molecule has 1 fully saturated rings. The fourth-order valence-electron chi connectivity index (χ4n) is 6.34. The molecule has 250 valence electrons. The predicted octanol–water partition coefficient (Wildman–Crippen LogP) is 6.20. The van der Waals surface area contributed by atoms with Gasteiger partial charge in [-0.1, -0.05) is 60.7 Å². The van der Waals surface area contributed by atoms with Crippen molar-refractivity contribution in [2.24, 2.45) is 7.05 Å². The molecule has 4 heterocycles. The van der Waals surface area contributed by atoms with Gasteiger partial charge in [-0.15, -0.1) is 0 Å². The molecule has 0 saturated heterocycles. The van der Waals surface area contributed by atoms with Crippen LogP contribution < -0.4 is 15.5 Å². The summed E-state index contributed by atoms with van der Waals surface area (Å²) in [5, 5.41) is 25.2. The Morgan fingerprint density at radius 2 is 1.58 bits per heavy atom. The van der Waals surface area contributed by atoms with E-state index in [4.69, 9.17) is 9.97 Å². The molecule has 6 aromatic rings. The third kappa shape index (κ3) is 7.52. The van der Waals surface area contributed by atoms with Crippen LogP contribution in [0.1, 0.15) is 42.4 Å². The number of aryl methyl sites for hydroxylation is 1. The molecule has 1 aliphatic carbocycles. The molecule has 7 rings (SSSR count). The minimum Gasteiger partial charge on any atom is -0.351 e. The Labute approximate surface area is 290 Å². The second-order valence-corrected chi connectivity index (χ2v) is 12.5. The van der Waals surface area contributed by atoms with E-state index in [0.29, 0.717) is 36.1 Å². The summed E-state index contributed by atoms with van der Waals surface area (Å²) in [4.78, 5) is 29.5. The Balaban J connectivity index is 1.04. The van der Waals surface area contributed by atoms with Gasteiger partial charge in [-0.2, -0.15) is 15.5 Å². The molecule has 0 aliphatic heterocycles. The molecule has 0 radical (unpaired) electrons. The first-order valence-electron chi connectivity index (χ1n) is 16.7. The summed E-state index contributed by atoms with van der Waals surface area (Å²) in [7, 11) is 1.88. The molecule has 2 N–H and O–H groups in total. The van der Waals surface area contributed by atoms with Crippen molar-refractivity contribution in [1.29, 1.82) is 5.26 Å². The Morgan fingerprint density at radius 3 is 2.26 bits per heavy atom. The highest BCUT2D eigenvalue weighted by atomic mass is 16.2. The lowest BCUT2D eigenvalue weighted by atomic mass is 9.90. The molecular formula is C38H37N11O. The van der Waals surface area contributed by atoms with Crippen LogP contribution in [0.5, 0.6) is 0 Å². The van der Waals surface area contributed by atoms with Gasteiger partial charge in [-0.05, 0) is 48.9 Å². The first kappa shape index (κ1) is 32.2. The molecule has 0 atom stereocenters. The van der Waals surface area contributed by atoms with Crippen molar-refractivity contribution in [1.82, 2.24) is 39.8 Å². The van der Waals surface area contributed by atoms with Gasteiger partial charge in [0.25, 0.3) is 0 Å². The number of nitrogens with one attached hydrogen (secondary N) is 2. The van der Waals surface area contributed by atoms with Crippen LogP contribution in [0.25, 0.3) is 22.4 Å². The minimum absolute atomic E-state index is 0.0477. The predicted molar refractivity (Wildman–Crippen MR) is 191 cm³/mol. The summed E-state index contributed by atoms with van der Waals surface area (Å²) in [5.74, 6) is 1.07. The fraction of sp³-hybridized carbons (Fsp3) is 0.237. The Hall–Kier alpha value is -6.35. The molecule has 12 heteroatoms. The third-order valence-corrected chi connectivity index (χ3v) is 8.94. The Morgan fingerprint density at radius 1 is 0.840 bits per heavy atom. The smallest absolute Gasteiger partial charge is 0.323 e. The highest BCUT2D eigenvalue weighted by Gasteiger charge is 2.31. The first-order chi connectivity index (χ1) is 24.5. The number of rotatable bonds is 10. The van der Waals surface area contributed by atoms with Gasteiger partial charge in [0.1, 0.15) is 11.9 Å². The van der Waals surface area contributed by atoms with Gasteiger partial charge in [0.05, 0.1) is 36.4 Å². The third-order valence-electron chi connectivity index (χ3n) is 8.94. The van der Waals surface area contributed by atoms with E-state index in [1.54, 1.807) is 34.4 Å². The van der Waals surface area contributed by atoms with E-state index in [9.17, 15) is 10.1 Å². The number of nitrogens with zero attached hydrogens (tertiary/aromatic N) is 9. The first-order valence-corrected chi connectivity index (χ1v) is 16.7. The summed E-state index contributed by atoms with van der Waals surface area (Å²) in [6.45, 7) is 1.04. The van der Waals surface area contributed by atoms with Crippen LogP contribution in [0.3, 0.4) is 0 Å². The summed E-state index contributed by atoms with van der Waals surface area (Å²) < 4.78 is 3.59. The lowest BCUT2D eigenvalue weighted by Crippen LogP contribution is -2.49. The van der Waals surface area contributed by atoms with Crippen LogP contribution in [0.2, 0.25) is 0 Å². The van der Waals surface area contributed by atoms with Crippen LogP contribution in [0, 0.1) is 11.3 Å².